The van der Waals surface area contributed by atoms with Crippen LogP contribution in [0.2, 0.25) is 23.2 Å². The van der Waals surface area contributed by atoms with Crippen LogP contribution in [-0.4, -0.2) is 63.7 Å². The summed E-state index contributed by atoms with van der Waals surface area (Å²) in [6.45, 7) is 16.5. The van der Waals surface area contributed by atoms with Crippen molar-refractivity contribution in [1.82, 2.24) is 0 Å². The Labute approximate surface area is 365 Å². The lowest BCUT2D eigenvalue weighted by Gasteiger charge is -2.47. The van der Waals surface area contributed by atoms with Gasteiger partial charge >= 0.3 is 11.9 Å². The third-order valence-electron chi connectivity index (χ3n) is 13.9. The summed E-state index contributed by atoms with van der Waals surface area (Å²) >= 11 is 3.81. The third kappa shape index (κ3) is 9.34. The molecular weight excluding hydrogens is 805 g/mol. The van der Waals surface area contributed by atoms with E-state index in [1.807, 2.05) is 23.5 Å². The summed E-state index contributed by atoms with van der Waals surface area (Å²) in [5, 5.41) is 2.21. The number of unbranched alkanes of at least 4 members (excludes halogenated alkanes) is 3. The molecule has 320 valence electrons. The molecule has 10 heteroatoms. The number of ketones is 1. The Morgan fingerprint density at radius 1 is 0.831 bits per heavy atom. The first-order chi connectivity index (χ1) is 28.4. The fraction of sp³-hybridized carbons (Fsp3) is 0.571. The van der Waals surface area contributed by atoms with Crippen molar-refractivity contribution in [1.29, 1.82) is 0 Å². The standard InChI is InChI=1S/C49H68O6S2Si2/c1-8-12-13-14-15-18-24-36-33-41-44(50)42(39(36)29-30-53-59(48(5,6)7,37-25-19-16-20-26-37)38-27-21-17-22-28-38)43-40(45(51)55-46(43)52)34-49(41,47-56-31-23-32-57-47)35-54-58(9-2,10-3)11-4/h8,12,16-17,19-22,25-28,33,36,39,42,47H,9-11,13-15,18,23-24,29-32,34-35H2,1-7H3/b12-8+/t36-,39+,42+,49-/m1/s1. The Bertz CT molecular complexity index is 1810. The van der Waals surface area contributed by atoms with Crippen molar-refractivity contribution < 1.29 is 28.0 Å². The Morgan fingerprint density at radius 2 is 1.46 bits per heavy atom. The first-order valence-corrected chi connectivity index (χ1v) is 28.9. The van der Waals surface area contributed by atoms with Gasteiger partial charge in [0, 0.05) is 29.8 Å². The molecule has 4 atom stereocenters. The number of carbonyl (C=O) groups excluding carboxylic acids is 3. The lowest BCUT2D eigenvalue weighted by atomic mass is 9.63. The SMILES string of the molecule is C/C=C/CCCCC[C@@H]1C=C2C(=O)[C@H](C3=C(C[C@]2(CO[Si](CC)(CC)CC)C2SCCCS2)C(=O)OC3=O)[C@H]1CCO[Si](c1ccccc1)(c1ccccc1)C(C)(C)C. The minimum absolute atomic E-state index is 0.00596. The minimum Gasteiger partial charge on any atom is -0.416 e. The van der Waals surface area contributed by atoms with Gasteiger partial charge in [0.15, 0.2) is 14.1 Å². The Kier molecular flexibility index (Phi) is 15.7. The number of hydrogen-bond donors (Lipinski definition) is 0. The number of benzene rings is 2. The highest BCUT2D eigenvalue weighted by Crippen LogP contribution is 2.59. The van der Waals surface area contributed by atoms with Crippen LogP contribution in [0.15, 0.2) is 95.6 Å². The molecule has 0 unspecified atom stereocenters. The Balaban J connectivity index is 1.47. The van der Waals surface area contributed by atoms with Crippen LogP contribution in [0.4, 0.5) is 0 Å². The third-order valence-corrected chi connectivity index (χ3v) is 26.9. The number of esters is 2. The van der Waals surface area contributed by atoms with E-state index in [0.29, 0.717) is 37.2 Å². The van der Waals surface area contributed by atoms with Gasteiger partial charge in [-0.2, -0.15) is 0 Å². The number of cyclic esters (lactones) is 2. The fourth-order valence-electron chi connectivity index (χ4n) is 10.4. The molecule has 0 aromatic heterocycles. The summed E-state index contributed by atoms with van der Waals surface area (Å²) in [6, 6.07) is 24.3. The molecule has 0 radical (unpaired) electrons. The van der Waals surface area contributed by atoms with Crippen molar-refractivity contribution in [2.24, 2.45) is 23.2 Å². The normalized spacial score (nSPS) is 24.4. The van der Waals surface area contributed by atoms with Crippen molar-refractivity contribution in [2.45, 2.75) is 128 Å². The Hall–Kier alpha value is -2.48. The number of ether oxygens (including phenoxy) is 1. The van der Waals surface area contributed by atoms with Crippen molar-refractivity contribution in [2.75, 3.05) is 24.7 Å². The second-order valence-electron chi connectivity index (χ2n) is 18.1. The average molecular weight is 873 g/mol. The summed E-state index contributed by atoms with van der Waals surface area (Å²) in [5.41, 5.74) is 0.786. The average Bonchev–Trinajstić information content (AvgIpc) is 3.48. The van der Waals surface area contributed by atoms with E-state index in [4.69, 9.17) is 13.6 Å². The predicted octanol–water partition coefficient (Wildman–Crippen LogP) is 10.8. The van der Waals surface area contributed by atoms with Crippen LogP contribution in [0.5, 0.6) is 0 Å². The van der Waals surface area contributed by atoms with E-state index in [1.165, 1.54) is 10.4 Å². The van der Waals surface area contributed by atoms with Crippen LogP contribution in [0, 0.1) is 23.2 Å². The molecule has 2 aromatic carbocycles. The van der Waals surface area contributed by atoms with Gasteiger partial charge in [-0.15, -0.1) is 23.5 Å². The Morgan fingerprint density at radius 3 is 2.03 bits per heavy atom. The highest BCUT2D eigenvalue weighted by Gasteiger charge is 2.59. The molecule has 6 nitrogen and oxygen atoms in total. The molecular formula is C49H68O6S2Si2. The molecule has 2 aliphatic carbocycles. The van der Waals surface area contributed by atoms with E-state index in [1.54, 1.807) is 0 Å². The number of carbonyl (C=O) groups is 3. The second kappa shape index (κ2) is 20.1. The van der Waals surface area contributed by atoms with Crippen LogP contribution < -0.4 is 10.4 Å². The number of fused-ring (bicyclic) bond motifs is 3. The molecule has 2 aromatic rings. The molecule has 0 spiro atoms. The first-order valence-electron chi connectivity index (χ1n) is 22.4. The predicted molar refractivity (Wildman–Crippen MR) is 251 cm³/mol. The van der Waals surface area contributed by atoms with Gasteiger partial charge in [-0.05, 0) is 102 Å². The molecule has 2 aliphatic heterocycles. The van der Waals surface area contributed by atoms with Crippen molar-refractivity contribution in [3.8, 4) is 0 Å². The quantitative estimate of drug-likeness (QED) is 0.0454. The van der Waals surface area contributed by atoms with Gasteiger partial charge in [-0.3, -0.25) is 4.79 Å². The van der Waals surface area contributed by atoms with Gasteiger partial charge < -0.3 is 13.6 Å². The summed E-state index contributed by atoms with van der Waals surface area (Å²) < 4.78 is 20.3. The summed E-state index contributed by atoms with van der Waals surface area (Å²) in [4.78, 5) is 43.7. The van der Waals surface area contributed by atoms with Crippen LogP contribution >= 0.6 is 23.5 Å². The van der Waals surface area contributed by atoms with E-state index in [2.05, 4.69) is 127 Å². The zero-order chi connectivity index (χ0) is 42.3. The monoisotopic (exact) mass is 872 g/mol. The van der Waals surface area contributed by atoms with Crippen molar-refractivity contribution >= 4 is 68.3 Å². The van der Waals surface area contributed by atoms with Crippen molar-refractivity contribution in [3.05, 3.63) is 95.6 Å². The molecule has 6 rings (SSSR count). The minimum atomic E-state index is -2.88. The summed E-state index contributed by atoms with van der Waals surface area (Å²) in [7, 11) is -4.98. The number of Topliss-reactive ketones (excluding diaryl/α,β-unsaturated/α-hetero) is 1. The highest BCUT2D eigenvalue weighted by atomic mass is 32.2. The van der Waals surface area contributed by atoms with Gasteiger partial charge in [0.05, 0.1) is 16.1 Å². The smallest absolute Gasteiger partial charge is 0.343 e. The van der Waals surface area contributed by atoms with E-state index in [9.17, 15) is 9.59 Å². The highest BCUT2D eigenvalue weighted by molar-refractivity contribution is 8.17. The van der Waals surface area contributed by atoms with Crippen LogP contribution in [0.3, 0.4) is 0 Å². The molecule has 4 aliphatic rings. The van der Waals surface area contributed by atoms with Gasteiger partial charge in [0.1, 0.15) is 0 Å². The van der Waals surface area contributed by atoms with E-state index < -0.39 is 39.9 Å². The van der Waals surface area contributed by atoms with Crippen LogP contribution in [-0.2, 0) is 28.0 Å². The molecule has 2 bridgehead atoms. The molecule has 0 saturated carbocycles. The van der Waals surface area contributed by atoms with Crippen LogP contribution in [0.25, 0.3) is 0 Å². The van der Waals surface area contributed by atoms with E-state index >= 15 is 4.79 Å². The van der Waals surface area contributed by atoms with Gasteiger partial charge in [-0.25, -0.2) is 9.59 Å². The molecule has 1 fully saturated rings. The maximum absolute atomic E-state index is 15.7. The van der Waals surface area contributed by atoms with Gasteiger partial charge in [0.2, 0.25) is 0 Å². The molecule has 0 N–H and O–H groups in total. The zero-order valence-electron chi connectivity index (χ0n) is 36.7. The zero-order valence-corrected chi connectivity index (χ0v) is 40.3. The molecule has 1 saturated heterocycles. The van der Waals surface area contributed by atoms with Gasteiger partial charge in [-0.1, -0.05) is 133 Å². The number of hydrogen-bond acceptors (Lipinski definition) is 8. The summed E-state index contributed by atoms with van der Waals surface area (Å²) in [5.74, 6) is -0.177. The van der Waals surface area contributed by atoms with E-state index in [0.717, 1.165) is 73.7 Å². The van der Waals surface area contributed by atoms with Crippen LogP contribution in [0.1, 0.15) is 99.8 Å². The van der Waals surface area contributed by atoms with Crippen molar-refractivity contribution in [3.63, 3.8) is 0 Å². The number of thioether (sulfide) groups is 2. The van der Waals surface area contributed by atoms with Gasteiger partial charge in [0.25, 0.3) is 8.32 Å². The number of rotatable bonds is 19. The maximum atomic E-state index is 15.7. The molecule has 0 amide bonds. The lowest BCUT2D eigenvalue weighted by molar-refractivity contribution is -0.152. The molecule has 59 heavy (non-hydrogen) atoms. The second-order valence-corrected chi connectivity index (χ2v) is 29.9. The fourth-order valence-corrected chi connectivity index (χ4v) is 21.1. The van der Waals surface area contributed by atoms with E-state index in [-0.39, 0.29) is 27.2 Å². The maximum Gasteiger partial charge on any atom is 0.343 e. The number of allylic oxidation sites excluding steroid dienone is 3. The summed E-state index contributed by atoms with van der Waals surface area (Å²) in [6.07, 6.45) is 13.8. The molecule has 2 heterocycles. The topological polar surface area (TPSA) is 78.9 Å². The first kappa shape index (κ1) is 46.0. The largest absolute Gasteiger partial charge is 0.416 e. The lowest BCUT2D eigenvalue weighted by Crippen LogP contribution is -2.66.